The van der Waals surface area contributed by atoms with Crippen molar-refractivity contribution in [1.29, 1.82) is 0 Å². The van der Waals surface area contributed by atoms with Crippen LogP contribution in [0.3, 0.4) is 0 Å². The van der Waals surface area contributed by atoms with Gasteiger partial charge in [-0.05, 0) is 12.8 Å². The van der Waals surface area contributed by atoms with Crippen LogP contribution in [0.15, 0.2) is 0 Å². The lowest BCUT2D eigenvalue weighted by Gasteiger charge is -2.03. The lowest BCUT2D eigenvalue weighted by atomic mass is 10.3. The first-order chi connectivity index (χ1) is 6.41. The maximum absolute atomic E-state index is 5.43. The summed E-state index contributed by atoms with van der Waals surface area (Å²) in [6.07, 6.45) is 7.49. The normalized spacial score (nSPS) is 10.3. The van der Waals surface area contributed by atoms with E-state index in [0.717, 1.165) is 13.2 Å². The highest BCUT2D eigenvalue weighted by Crippen LogP contribution is 1.95. The zero-order valence-electron chi connectivity index (χ0n) is 9.18. The molecule has 0 bridgehead atoms. The summed E-state index contributed by atoms with van der Waals surface area (Å²) in [7, 11) is 0. The number of unbranched alkanes of at least 4 members (excludes halogenated alkanes) is 4. The molecule has 13 heavy (non-hydrogen) atoms. The van der Waals surface area contributed by atoms with E-state index in [1.165, 1.54) is 38.5 Å². The van der Waals surface area contributed by atoms with Gasteiger partial charge in [0.15, 0.2) is 0 Å². The van der Waals surface area contributed by atoms with Gasteiger partial charge in [0, 0.05) is 13.2 Å². The van der Waals surface area contributed by atoms with E-state index >= 15 is 0 Å². The fourth-order valence-corrected chi connectivity index (χ4v) is 1.85. The molecule has 0 aromatic heterocycles. The second-order valence-electron chi connectivity index (χ2n) is 3.35. The summed E-state index contributed by atoms with van der Waals surface area (Å²) in [5, 5.41) is 0. The van der Waals surface area contributed by atoms with Gasteiger partial charge in [0.05, 0.1) is 0 Å². The SMILES string of the molecule is CCCCC[O][AlH][O]CCCCC. The van der Waals surface area contributed by atoms with Crippen molar-refractivity contribution in [3.05, 3.63) is 0 Å². The summed E-state index contributed by atoms with van der Waals surface area (Å²) >= 11 is -0.645. The summed E-state index contributed by atoms with van der Waals surface area (Å²) in [5.74, 6) is 0. The maximum Gasteiger partial charge on any atom is 0.649 e. The van der Waals surface area contributed by atoms with Crippen molar-refractivity contribution in [3.63, 3.8) is 0 Å². The third-order valence-electron chi connectivity index (χ3n) is 1.95. The number of hydrogen-bond acceptors (Lipinski definition) is 2. The number of hydrogen-bond donors (Lipinski definition) is 0. The van der Waals surface area contributed by atoms with Crippen molar-refractivity contribution in [1.82, 2.24) is 0 Å². The van der Waals surface area contributed by atoms with Crippen molar-refractivity contribution in [2.24, 2.45) is 0 Å². The topological polar surface area (TPSA) is 18.5 Å². The second kappa shape index (κ2) is 12.5. The van der Waals surface area contributed by atoms with Crippen LogP contribution in [-0.2, 0) is 7.58 Å². The second-order valence-corrected chi connectivity index (χ2v) is 4.40. The first-order valence-electron chi connectivity index (χ1n) is 5.57. The molecule has 0 aliphatic rings. The highest BCUT2D eigenvalue weighted by Gasteiger charge is 1.96. The fourth-order valence-electron chi connectivity index (χ4n) is 1.09. The van der Waals surface area contributed by atoms with Crippen molar-refractivity contribution in [2.75, 3.05) is 13.2 Å². The average molecular weight is 202 g/mol. The molecule has 0 amide bonds. The van der Waals surface area contributed by atoms with E-state index in [2.05, 4.69) is 13.8 Å². The summed E-state index contributed by atoms with van der Waals surface area (Å²) in [5.41, 5.74) is 0. The Morgan fingerprint density at radius 3 is 1.62 bits per heavy atom. The molecule has 78 valence electrons. The maximum atomic E-state index is 5.43. The van der Waals surface area contributed by atoms with E-state index in [0.29, 0.717) is 0 Å². The molecule has 0 saturated heterocycles. The molecule has 0 heterocycles. The van der Waals surface area contributed by atoms with Gasteiger partial charge in [-0.3, -0.25) is 0 Å². The van der Waals surface area contributed by atoms with E-state index < -0.39 is 15.9 Å². The van der Waals surface area contributed by atoms with Gasteiger partial charge >= 0.3 is 15.9 Å². The van der Waals surface area contributed by atoms with Gasteiger partial charge in [0.1, 0.15) is 0 Å². The van der Waals surface area contributed by atoms with Crippen molar-refractivity contribution in [2.45, 2.75) is 52.4 Å². The molecule has 0 N–H and O–H groups in total. The van der Waals surface area contributed by atoms with Gasteiger partial charge < -0.3 is 7.58 Å². The first kappa shape index (κ1) is 13.5. The summed E-state index contributed by atoms with van der Waals surface area (Å²) in [4.78, 5) is 0. The quantitative estimate of drug-likeness (QED) is 0.400. The minimum Gasteiger partial charge on any atom is -0.481 e. The molecular weight excluding hydrogens is 179 g/mol. The molecule has 0 atom stereocenters. The zero-order valence-corrected chi connectivity index (χ0v) is 10.6. The average Bonchev–Trinajstić information content (AvgIpc) is 2.16. The Kier molecular flexibility index (Phi) is 12.9. The van der Waals surface area contributed by atoms with E-state index in [9.17, 15) is 0 Å². The number of rotatable bonds is 10. The van der Waals surface area contributed by atoms with E-state index in [4.69, 9.17) is 7.58 Å². The van der Waals surface area contributed by atoms with Gasteiger partial charge in [-0.2, -0.15) is 0 Å². The lowest BCUT2D eigenvalue weighted by molar-refractivity contribution is 0.214. The summed E-state index contributed by atoms with van der Waals surface area (Å²) in [6.45, 7) is 6.24. The van der Waals surface area contributed by atoms with Gasteiger partial charge in [-0.15, -0.1) is 0 Å². The van der Waals surface area contributed by atoms with Gasteiger partial charge in [0.2, 0.25) is 0 Å². The molecule has 0 aromatic carbocycles. The van der Waals surface area contributed by atoms with Gasteiger partial charge in [-0.1, -0.05) is 39.5 Å². The van der Waals surface area contributed by atoms with Crippen LogP contribution in [-0.4, -0.2) is 29.1 Å². The molecular formula is C10H23AlO2. The fraction of sp³-hybridized carbons (Fsp3) is 1.00. The van der Waals surface area contributed by atoms with Crippen LogP contribution < -0.4 is 0 Å². The highest BCUT2D eigenvalue weighted by molar-refractivity contribution is 6.17. The monoisotopic (exact) mass is 202 g/mol. The van der Waals surface area contributed by atoms with E-state index in [1.807, 2.05) is 0 Å². The van der Waals surface area contributed by atoms with Gasteiger partial charge in [0.25, 0.3) is 0 Å². The predicted molar refractivity (Wildman–Crippen MR) is 58.1 cm³/mol. The Hall–Kier alpha value is 0.452. The molecule has 0 unspecified atom stereocenters. The van der Waals surface area contributed by atoms with Crippen molar-refractivity contribution >= 4 is 15.9 Å². The van der Waals surface area contributed by atoms with Crippen LogP contribution in [0.25, 0.3) is 0 Å². The summed E-state index contributed by atoms with van der Waals surface area (Å²) in [6, 6.07) is 0. The molecule has 0 saturated carbocycles. The lowest BCUT2D eigenvalue weighted by Crippen LogP contribution is -2.06. The Bertz CT molecular complexity index is 79.0. The Labute approximate surface area is 89.4 Å². The Balaban J connectivity index is 2.76. The molecule has 3 heteroatoms. The van der Waals surface area contributed by atoms with E-state index in [-0.39, 0.29) is 0 Å². The van der Waals surface area contributed by atoms with Crippen LogP contribution in [0, 0.1) is 0 Å². The molecule has 0 aromatic rings. The zero-order chi connectivity index (χ0) is 9.78. The molecule has 0 spiro atoms. The van der Waals surface area contributed by atoms with Crippen molar-refractivity contribution < 1.29 is 7.58 Å². The Morgan fingerprint density at radius 1 is 0.769 bits per heavy atom. The predicted octanol–water partition coefficient (Wildman–Crippen LogP) is 2.67. The van der Waals surface area contributed by atoms with Crippen LogP contribution in [0.5, 0.6) is 0 Å². The molecule has 0 fully saturated rings. The van der Waals surface area contributed by atoms with Gasteiger partial charge in [-0.25, -0.2) is 0 Å². The highest BCUT2D eigenvalue weighted by atomic mass is 27.2. The minimum atomic E-state index is -0.645. The molecule has 0 aliphatic carbocycles. The van der Waals surface area contributed by atoms with E-state index in [1.54, 1.807) is 0 Å². The third-order valence-corrected chi connectivity index (χ3v) is 2.86. The third kappa shape index (κ3) is 12.5. The minimum absolute atomic E-state index is 0.645. The Morgan fingerprint density at radius 2 is 1.23 bits per heavy atom. The van der Waals surface area contributed by atoms with Crippen LogP contribution in [0.2, 0.25) is 0 Å². The van der Waals surface area contributed by atoms with Crippen molar-refractivity contribution in [3.8, 4) is 0 Å². The molecule has 0 rings (SSSR count). The summed E-state index contributed by atoms with van der Waals surface area (Å²) < 4.78 is 10.9. The molecule has 0 aliphatic heterocycles. The smallest absolute Gasteiger partial charge is 0.481 e. The first-order valence-corrected chi connectivity index (χ1v) is 6.72. The molecule has 2 nitrogen and oxygen atoms in total. The van der Waals surface area contributed by atoms with Crippen LogP contribution >= 0.6 is 0 Å². The standard InChI is InChI=1S/2C5H11O.Al.H/c2*1-2-3-4-5-6;;/h2*2-5H2,1H3;;/q2*-1;+2;. The van der Waals surface area contributed by atoms with Crippen LogP contribution in [0.1, 0.15) is 52.4 Å². The van der Waals surface area contributed by atoms with Crippen LogP contribution in [0.4, 0.5) is 0 Å². The molecule has 0 radical (unpaired) electrons. The largest absolute Gasteiger partial charge is 0.649 e.